The molecule has 0 spiro atoms. The van der Waals surface area contributed by atoms with E-state index >= 15 is 0 Å². The molecule has 0 unspecified atom stereocenters. The van der Waals surface area contributed by atoms with Gasteiger partial charge in [-0.25, -0.2) is 9.45 Å². The highest BCUT2D eigenvalue weighted by Crippen LogP contribution is 2.19. The predicted molar refractivity (Wildman–Crippen MR) is 62.9 cm³/mol. The second kappa shape index (κ2) is 5.77. The van der Waals surface area contributed by atoms with Crippen LogP contribution >= 0.6 is 15.9 Å². The molecule has 0 atom stereocenters. The Bertz CT molecular complexity index is 420. The minimum absolute atomic E-state index is 0.321. The van der Waals surface area contributed by atoms with Crippen molar-refractivity contribution in [3.05, 3.63) is 40.1 Å². The van der Waals surface area contributed by atoms with Crippen molar-refractivity contribution in [1.82, 2.24) is 5.06 Å². The summed E-state index contributed by atoms with van der Waals surface area (Å²) in [6.07, 6.45) is 2.83. The lowest BCUT2D eigenvalue weighted by molar-refractivity contribution is -0.162. The summed E-state index contributed by atoms with van der Waals surface area (Å²) in [5.74, 6) is -0.672. The van der Waals surface area contributed by atoms with Gasteiger partial charge in [-0.15, -0.1) is 0 Å². The van der Waals surface area contributed by atoms with Crippen LogP contribution in [0, 0.1) is 5.82 Å². The van der Waals surface area contributed by atoms with Crippen molar-refractivity contribution < 1.29 is 14.0 Å². The minimum Gasteiger partial charge on any atom is -0.274 e. The number of rotatable bonds is 3. The Hall–Kier alpha value is -1.20. The highest BCUT2D eigenvalue weighted by molar-refractivity contribution is 9.10. The number of carbonyl (C=O) groups is 1. The number of amides is 1. The van der Waals surface area contributed by atoms with E-state index in [4.69, 9.17) is 4.84 Å². The van der Waals surface area contributed by atoms with E-state index in [1.165, 1.54) is 38.4 Å². The van der Waals surface area contributed by atoms with Gasteiger partial charge < -0.3 is 0 Å². The van der Waals surface area contributed by atoms with Crippen LogP contribution in [0.2, 0.25) is 0 Å². The summed E-state index contributed by atoms with van der Waals surface area (Å²) in [4.78, 5) is 16.0. The highest BCUT2D eigenvalue weighted by Gasteiger charge is 2.03. The summed E-state index contributed by atoms with van der Waals surface area (Å²) in [7, 11) is 2.89. The Morgan fingerprint density at radius 3 is 2.88 bits per heavy atom. The first-order valence-corrected chi connectivity index (χ1v) is 5.29. The van der Waals surface area contributed by atoms with Gasteiger partial charge in [0.2, 0.25) is 0 Å². The second-order valence-corrected chi connectivity index (χ2v) is 3.87. The molecule has 0 fully saturated rings. The number of likely N-dealkylation sites (N-methyl/N-ethyl adjacent to an activating group) is 1. The van der Waals surface area contributed by atoms with Gasteiger partial charge in [0.15, 0.2) is 0 Å². The third-order valence-corrected chi connectivity index (χ3v) is 2.67. The maximum Gasteiger partial charge on any atom is 0.269 e. The van der Waals surface area contributed by atoms with Crippen LogP contribution < -0.4 is 0 Å². The van der Waals surface area contributed by atoms with Crippen LogP contribution in [0.5, 0.6) is 0 Å². The maximum absolute atomic E-state index is 12.9. The summed E-state index contributed by atoms with van der Waals surface area (Å²) < 4.78 is 13.6. The van der Waals surface area contributed by atoms with Crippen LogP contribution in [0.4, 0.5) is 4.39 Å². The quantitative estimate of drug-likeness (QED) is 0.632. The zero-order chi connectivity index (χ0) is 12.1. The zero-order valence-corrected chi connectivity index (χ0v) is 10.5. The summed E-state index contributed by atoms with van der Waals surface area (Å²) in [6.45, 7) is 0. The van der Waals surface area contributed by atoms with E-state index in [-0.39, 0.29) is 11.7 Å². The normalized spacial score (nSPS) is 10.8. The molecule has 3 nitrogen and oxygen atoms in total. The van der Waals surface area contributed by atoms with Crippen molar-refractivity contribution >= 4 is 27.9 Å². The van der Waals surface area contributed by atoms with E-state index in [1.807, 2.05) is 0 Å². The Morgan fingerprint density at radius 2 is 2.25 bits per heavy atom. The van der Waals surface area contributed by atoms with Gasteiger partial charge in [-0.1, -0.05) is 15.9 Å². The molecular weight excluding hydrogens is 277 g/mol. The standard InChI is InChI=1S/C11H11BrFNO2/c1-14(16-2)11(15)6-3-8-7-9(13)4-5-10(8)12/h3-7H,1-2H3/b6-3+. The number of hydrogen-bond acceptors (Lipinski definition) is 2. The molecule has 1 rings (SSSR count). The van der Waals surface area contributed by atoms with Crippen LogP contribution in [0.25, 0.3) is 6.08 Å². The first kappa shape index (κ1) is 12.9. The van der Waals surface area contributed by atoms with E-state index in [9.17, 15) is 9.18 Å². The smallest absolute Gasteiger partial charge is 0.269 e. The van der Waals surface area contributed by atoms with Gasteiger partial charge >= 0.3 is 0 Å². The van der Waals surface area contributed by atoms with Crippen molar-refractivity contribution in [1.29, 1.82) is 0 Å². The molecule has 0 bridgehead atoms. The van der Waals surface area contributed by atoms with Crippen molar-refractivity contribution in [2.24, 2.45) is 0 Å². The maximum atomic E-state index is 12.9. The fourth-order valence-electron chi connectivity index (χ4n) is 0.998. The molecule has 0 aliphatic heterocycles. The van der Waals surface area contributed by atoms with Gasteiger partial charge in [-0.05, 0) is 29.8 Å². The molecule has 1 aromatic rings. The number of hydroxylamine groups is 2. The number of nitrogens with zero attached hydrogens (tertiary/aromatic N) is 1. The molecule has 0 N–H and O–H groups in total. The molecule has 0 saturated carbocycles. The molecular formula is C11H11BrFNO2. The van der Waals surface area contributed by atoms with Gasteiger partial charge in [0.05, 0.1) is 7.11 Å². The highest BCUT2D eigenvalue weighted by atomic mass is 79.9. The van der Waals surface area contributed by atoms with Crippen molar-refractivity contribution in [3.63, 3.8) is 0 Å². The van der Waals surface area contributed by atoms with Gasteiger partial charge in [-0.3, -0.25) is 9.63 Å². The second-order valence-electron chi connectivity index (χ2n) is 3.02. The van der Waals surface area contributed by atoms with Crippen LogP contribution in [-0.4, -0.2) is 25.1 Å². The molecule has 0 aliphatic carbocycles. The van der Waals surface area contributed by atoms with Crippen LogP contribution in [-0.2, 0) is 9.63 Å². The Balaban J connectivity index is 2.84. The summed E-state index contributed by atoms with van der Waals surface area (Å²) >= 11 is 3.26. The molecule has 0 saturated heterocycles. The van der Waals surface area contributed by atoms with Crippen LogP contribution in [0.1, 0.15) is 5.56 Å². The van der Waals surface area contributed by atoms with Crippen molar-refractivity contribution in [2.75, 3.05) is 14.2 Å². The Kier molecular flexibility index (Phi) is 4.64. The molecule has 16 heavy (non-hydrogen) atoms. The largest absolute Gasteiger partial charge is 0.274 e. The van der Waals surface area contributed by atoms with Crippen molar-refractivity contribution in [2.45, 2.75) is 0 Å². The lowest BCUT2D eigenvalue weighted by Crippen LogP contribution is -2.22. The molecule has 1 amide bonds. The first-order chi connectivity index (χ1) is 7.54. The lowest BCUT2D eigenvalue weighted by Gasteiger charge is -2.10. The number of halogens is 2. The Morgan fingerprint density at radius 1 is 1.56 bits per heavy atom. The van der Waals surface area contributed by atoms with Gasteiger partial charge in [0.1, 0.15) is 5.82 Å². The monoisotopic (exact) mass is 287 g/mol. The van der Waals surface area contributed by atoms with Gasteiger partial charge in [0, 0.05) is 17.6 Å². The predicted octanol–water partition coefficient (Wildman–Crippen LogP) is 2.62. The number of benzene rings is 1. The number of hydrogen-bond donors (Lipinski definition) is 0. The molecule has 0 radical (unpaired) electrons. The van der Waals surface area contributed by atoms with Crippen LogP contribution in [0.15, 0.2) is 28.7 Å². The van der Waals surface area contributed by atoms with E-state index in [0.29, 0.717) is 5.56 Å². The fraction of sp³-hybridized carbons (Fsp3) is 0.182. The van der Waals surface area contributed by atoms with Gasteiger partial charge in [0.25, 0.3) is 5.91 Å². The van der Waals surface area contributed by atoms with Crippen molar-refractivity contribution in [3.8, 4) is 0 Å². The van der Waals surface area contributed by atoms with E-state index in [2.05, 4.69) is 15.9 Å². The topological polar surface area (TPSA) is 29.5 Å². The molecule has 5 heteroatoms. The summed E-state index contributed by atoms with van der Waals surface area (Å²) in [6, 6.07) is 4.25. The first-order valence-electron chi connectivity index (χ1n) is 4.49. The molecule has 0 aromatic heterocycles. The molecule has 0 heterocycles. The molecule has 86 valence electrons. The zero-order valence-electron chi connectivity index (χ0n) is 8.91. The third kappa shape index (κ3) is 3.43. The fourth-order valence-corrected chi connectivity index (χ4v) is 1.38. The molecule has 1 aromatic carbocycles. The lowest BCUT2D eigenvalue weighted by atomic mass is 10.2. The Labute approximate surface area is 102 Å². The minimum atomic E-state index is -0.351. The number of carbonyl (C=O) groups excluding carboxylic acids is 1. The third-order valence-electron chi connectivity index (χ3n) is 1.95. The SMILES string of the molecule is CON(C)C(=O)/C=C/c1cc(F)ccc1Br. The summed E-state index contributed by atoms with van der Waals surface area (Å²) in [5, 5.41) is 1.07. The van der Waals surface area contributed by atoms with Crippen LogP contribution in [0.3, 0.4) is 0 Å². The van der Waals surface area contributed by atoms with E-state index < -0.39 is 0 Å². The van der Waals surface area contributed by atoms with E-state index in [1.54, 1.807) is 6.07 Å². The average Bonchev–Trinajstić information content (AvgIpc) is 2.28. The summed E-state index contributed by atoms with van der Waals surface area (Å²) in [5.41, 5.74) is 0.595. The van der Waals surface area contributed by atoms with Gasteiger partial charge in [-0.2, -0.15) is 0 Å². The van der Waals surface area contributed by atoms with E-state index in [0.717, 1.165) is 9.54 Å². The average molecular weight is 288 g/mol. The molecule has 0 aliphatic rings.